The van der Waals surface area contributed by atoms with Crippen LogP contribution >= 0.6 is 0 Å². The first-order valence-electron chi connectivity index (χ1n) is 9.60. The van der Waals surface area contributed by atoms with Gasteiger partial charge in [0.25, 0.3) is 0 Å². The van der Waals surface area contributed by atoms with E-state index >= 15 is 0 Å². The van der Waals surface area contributed by atoms with Crippen LogP contribution in [0.25, 0.3) is 0 Å². The SMILES string of the molecule is CCOC(=O)C1=C(COC(C)=O)NC(CF)=C(C(=O)OC)C1c1cncc(F)c1CC. The Kier molecular flexibility index (Phi) is 8.23. The highest BCUT2D eigenvalue weighted by atomic mass is 19.1. The second kappa shape index (κ2) is 10.6. The number of carbonyl (C=O) groups excluding carboxylic acids is 3. The molecular weight excluding hydrogens is 414 g/mol. The van der Waals surface area contributed by atoms with Crippen molar-refractivity contribution in [1.82, 2.24) is 10.3 Å². The fourth-order valence-corrected chi connectivity index (χ4v) is 3.41. The number of allylic oxidation sites excluding steroid dienone is 1. The molecule has 0 fully saturated rings. The Morgan fingerprint density at radius 1 is 1.10 bits per heavy atom. The Hall–Kier alpha value is -3.30. The van der Waals surface area contributed by atoms with E-state index in [1.54, 1.807) is 13.8 Å². The summed E-state index contributed by atoms with van der Waals surface area (Å²) in [7, 11) is 1.11. The van der Waals surface area contributed by atoms with Crippen LogP contribution in [0.15, 0.2) is 34.9 Å². The van der Waals surface area contributed by atoms with Gasteiger partial charge in [-0.25, -0.2) is 18.4 Å². The predicted octanol–water partition coefficient (Wildman–Crippen LogP) is 2.25. The van der Waals surface area contributed by atoms with Gasteiger partial charge in [0.15, 0.2) is 0 Å². The molecule has 0 saturated heterocycles. The number of hydrogen-bond acceptors (Lipinski definition) is 8. The van der Waals surface area contributed by atoms with Crippen LogP contribution in [0, 0.1) is 5.82 Å². The molecule has 10 heteroatoms. The Balaban J connectivity index is 2.86. The van der Waals surface area contributed by atoms with Crippen LogP contribution in [-0.4, -0.2) is 49.9 Å². The molecule has 1 aromatic rings. The quantitative estimate of drug-likeness (QED) is 0.487. The highest BCUT2D eigenvalue weighted by Gasteiger charge is 2.41. The summed E-state index contributed by atoms with van der Waals surface area (Å²) in [5, 5.41) is 2.66. The maximum atomic E-state index is 14.5. The lowest BCUT2D eigenvalue weighted by Crippen LogP contribution is -2.36. The van der Waals surface area contributed by atoms with Gasteiger partial charge in [-0.3, -0.25) is 9.78 Å². The molecule has 0 aliphatic carbocycles. The standard InChI is InChI=1S/C21H24F2N2O6/c1-5-12-13(8-24-9-14(12)23)17-18(20(27)29-4)15(7-22)25-16(10-31-11(3)26)19(17)21(28)30-6-2/h8-9,17,25H,5-7,10H2,1-4H3. The molecule has 1 aliphatic heterocycles. The van der Waals surface area contributed by atoms with Crippen molar-refractivity contribution in [2.75, 3.05) is 27.0 Å². The van der Waals surface area contributed by atoms with Crippen LogP contribution in [-0.2, 0) is 35.0 Å². The molecule has 1 unspecified atom stereocenters. The number of nitrogens with one attached hydrogen (secondary N) is 1. The van der Waals surface area contributed by atoms with Crippen molar-refractivity contribution in [3.8, 4) is 0 Å². The van der Waals surface area contributed by atoms with Crippen molar-refractivity contribution in [1.29, 1.82) is 0 Å². The molecule has 0 bridgehead atoms. The molecule has 168 valence electrons. The van der Waals surface area contributed by atoms with E-state index in [0.29, 0.717) is 0 Å². The first-order chi connectivity index (χ1) is 14.8. The molecule has 0 radical (unpaired) electrons. The summed E-state index contributed by atoms with van der Waals surface area (Å²) in [6, 6.07) is 0. The number of hydrogen-bond donors (Lipinski definition) is 1. The molecule has 8 nitrogen and oxygen atoms in total. The molecule has 0 amide bonds. The van der Waals surface area contributed by atoms with E-state index in [2.05, 4.69) is 10.3 Å². The van der Waals surface area contributed by atoms with Gasteiger partial charge in [-0.15, -0.1) is 0 Å². The molecule has 0 spiro atoms. The van der Waals surface area contributed by atoms with Crippen LogP contribution in [0.4, 0.5) is 8.78 Å². The number of carbonyl (C=O) groups is 3. The van der Waals surface area contributed by atoms with Crippen molar-refractivity contribution < 1.29 is 37.4 Å². The molecule has 0 saturated carbocycles. The lowest BCUT2D eigenvalue weighted by atomic mass is 9.78. The first kappa shape index (κ1) is 24.0. The van der Waals surface area contributed by atoms with Gasteiger partial charge in [0.05, 0.1) is 48.4 Å². The van der Waals surface area contributed by atoms with E-state index < -0.39 is 42.9 Å². The summed E-state index contributed by atoms with van der Waals surface area (Å²) in [5.41, 5.74) is -0.151. The maximum Gasteiger partial charge on any atom is 0.336 e. The third-order valence-electron chi connectivity index (χ3n) is 4.69. The van der Waals surface area contributed by atoms with E-state index in [1.807, 2.05) is 0 Å². The van der Waals surface area contributed by atoms with Crippen molar-refractivity contribution in [3.63, 3.8) is 0 Å². The summed E-state index contributed by atoms with van der Waals surface area (Å²) < 4.78 is 43.5. The van der Waals surface area contributed by atoms with E-state index in [1.165, 1.54) is 13.1 Å². The van der Waals surface area contributed by atoms with E-state index in [0.717, 1.165) is 13.3 Å². The number of alkyl halides is 1. The van der Waals surface area contributed by atoms with Gasteiger partial charge in [-0.1, -0.05) is 6.92 Å². The predicted molar refractivity (Wildman–Crippen MR) is 105 cm³/mol. The minimum atomic E-state index is -1.25. The van der Waals surface area contributed by atoms with E-state index in [4.69, 9.17) is 14.2 Å². The van der Waals surface area contributed by atoms with Gasteiger partial charge >= 0.3 is 17.9 Å². The summed E-state index contributed by atoms with van der Waals surface area (Å²) in [4.78, 5) is 40.8. The van der Waals surface area contributed by atoms with E-state index in [-0.39, 0.29) is 46.7 Å². The Bertz CT molecular complexity index is 942. The zero-order valence-corrected chi connectivity index (χ0v) is 17.7. The molecule has 31 heavy (non-hydrogen) atoms. The Morgan fingerprint density at radius 2 is 1.77 bits per heavy atom. The summed E-state index contributed by atoms with van der Waals surface area (Å²) >= 11 is 0. The van der Waals surface area contributed by atoms with Gasteiger partial charge < -0.3 is 19.5 Å². The molecule has 2 rings (SSSR count). The highest BCUT2D eigenvalue weighted by molar-refractivity contribution is 6.00. The Labute approximate surface area is 178 Å². The molecule has 0 aromatic carbocycles. The molecule has 1 aliphatic rings. The van der Waals surface area contributed by atoms with Gasteiger partial charge in [-0.2, -0.15) is 0 Å². The topological polar surface area (TPSA) is 104 Å². The highest BCUT2D eigenvalue weighted by Crippen LogP contribution is 2.41. The van der Waals surface area contributed by atoms with Gasteiger partial charge in [0.1, 0.15) is 19.1 Å². The summed E-state index contributed by atoms with van der Waals surface area (Å²) in [6.07, 6.45) is 2.52. The lowest BCUT2D eigenvalue weighted by Gasteiger charge is -2.32. The largest absolute Gasteiger partial charge is 0.466 e. The minimum Gasteiger partial charge on any atom is -0.466 e. The number of nitrogens with zero attached hydrogens (tertiary/aromatic N) is 1. The number of pyridine rings is 1. The van der Waals surface area contributed by atoms with Gasteiger partial charge in [0, 0.05) is 13.1 Å². The third-order valence-corrected chi connectivity index (χ3v) is 4.69. The number of halogens is 2. The zero-order chi connectivity index (χ0) is 23.1. The van der Waals surface area contributed by atoms with Crippen molar-refractivity contribution in [2.45, 2.75) is 33.1 Å². The van der Waals surface area contributed by atoms with Gasteiger partial charge in [0.2, 0.25) is 0 Å². The molecule has 1 atom stereocenters. The monoisotopic (exact) mass is 438 g/mol. The third kappa shape index (κ3) is 5.07. The number of aromatic nitrogens is 1. The molecule has 1 N–H and O–H groups in total. The number of rotatable bonds is 8. The first-order valence-corrected chi connectivity index (χ1v) is 9.60. The fourth-order valence-electron chi connectivity index (χ4n) is 3.41. The minimum absolute atomic E-state index is 0.00513. The van der Waals surface area contributed by atoms with Gasteiger partial charge in [-0.05, 0) is 24.5 Å². The van der Waals surface area contributed by atoms with E-state index in [9.17, 15) is 23.2 Å². The zero-order valence-electron chi connectivity index (χ0n) is 17.7. The van der Waals surface area contributed by atoms with Crippen LogP contribution in [0.1, 0.15) is 37.8 Å². The summed E-state index contributed by atoms with van der Waals surface area (Å²) in [6.45, 7) is 2.91. The van der Waals surface area contributed by atoms with Crippen molar-refractivity contribution in [3.05, 3.63) is 51.9 Å². The average molecular weight is 438 g/mol. The number of ether oxygens (including phenoxy) is 3. The normalized spacial score (nSPS) is 16.0. The van der Waals surface area contributed by atoms with Crippen molar-refractivity contribution in [2.24, 2.45) is 0 Å². The number of esters is 3. The lowest BCUT2D eigenvalue weighted by molar-refractivity contribution is -0.142. The summed E-state index contributed by atoms with van der Waals surface area (Å²) in [5.74, 6) is -4.28. The van der Waals surface area contributed by atoms with Crippen LogP contribution in [0.3, 0.4) is 0 Å². The van der Waals surface area contributed by atoms with Crippen LogP contribution in [0.2, 0.25) is 0 Å². The number of dihydropyridines is 1. The van der Waals surface area contributed by atoms with Crippen molar-refractivity contribution >= 4 is 17.9 Å². The fraction of sp³-hybridized carbons (Fsp3) is 0.429. The smallest absolute Gasteiger partial charge is 0.336 e. The van der Waals surface area contributed by atoms with Crippen LogP contribution < -0.4 is 5.32 Å². The number of methoxy groups -OCH3 is 1. The molecule has 1 aromatic heterocycles. The second-order valence-electron chi connectivity index (χ2n) is 6.51. The Morgan fingerprint density at radius 3 is 2.32 bits per heavy atom. The molecule has 2 heterocycles. The second-order valence-corrected chi connectivity index (χ2v) is 6.51. The molecular formula is C21H24F2N2O6. The average Bonchev–Trinajstić information content (AvgIpc) is 2.75. The van der Waals surface area contributed by atoms with Crippen LogP contribution in [0.5, 0.6) is 0 Å². The maximum absolute atomic E-state index is 14.5.